The number of ether oxygens (including phenoxy) is 2. The monoisotopic (exact) mass is 650 g/mol. The third kappa shape index (κ3) is 7.82. The van der Waals surface area contributed by atoms with Crippen LogP contribution < -0.4 is 0 Å². The fourth-order valence-electron chi connectivity index (χ4n) is 7.32. The van der Waals surface area contributed by atoms with Crippen LogP contribution in [0.1, 0.15) is 97.2 Å². The number of hydrogen-bond donors (Lipinski definition) is 2. The van der Waals surface area contributed by atoms with Crippen LogP contribution in [0, 0.1) is 41.5 Å². The number of rotatable bonds is 9. The zero-order chi connectivity index (χ0) is 35.9. The van der Waals surface area contributed by atoms with Crippen LogP contribution >= 0.6 is 0 Å². The van der Waals surface area contributed by atoms with Gasteiger partial charge in [-0.25, -0.2) is 0 Å². The molecule has 0 saturated heterocycles. The van der Waals surface area contributed by atoms with Gasteiger partial charge in [-0.1, -0.05) is 89.1 Å². The van der Waals surface area contributed by atoms with Crippen molar-refractivity contribution < 1.29 is 19.7 Å². The lowest BCUT2D eigenvalue weighted by atomic mass is 9.80. The van der Waals surface area contributed by atoms with E-state index in [9.17, 15) is 10.2 Å². The van der Waals surface area contributed by atoms with Crippen molar-refractivity contribution in [1.29, 1.82) is 0 Å². The molecule has 258 valence electrons. The lowest BCUT2D eigenvalue weighted by molar-refractivity contribution is -0.0350. The summed E-state index contributed by atoms with van der Waals surface area (Å²) in [4.78, 5) is 0. The van der Waals surface area contributed by atoms with Crippen molar-refractivity contribution in [2.75, 3.05) is 14.2 Å². The number of aryl methyl sites for hydroxylation is 6. The maximum atomic E-state index is 11.9. The number of methoxy groups -OCH3 is 2. The maximum Gasteiger partial charge on any atom is 0.126 e. The molecule has 0 bridgehead atoms. The lowest BCUT2D eigenvalue weighted by Crippen LogP contribution is -2.34. The maximum absolute atomic E-state index is 11.9. The average Bonchev–Trinajstić information content (AvgIpc) is 2.95. The summed E-state index contributed by atoms with van der Waals surface area (Å²) < 4.78 is 12.3. The number of benzene rings is 4. The van der Waals surface area contributed by atoms with Gasteiger partial charge in [0.15, 0.2) is 0 Å². The topological polar surface area (TPSA) is 58.9 Å². The van der Waals surface area contributed by atoms with Crippen LogP contribution in [0.2, 0.25) is 0 Å². The fraction of sp³-hybridized carbons (Fsp3) is 0.455. The van der Waals surface area contributed by atoms with E-state index >= 15 is 0 Å². The smallest absolute Gasteiger partial charge is 0.126 e. The molecular weight excluding hydrogens is 592 g/mol. The molecule has 0 spiro atoms. The number of aromatic hydroxyl groups is 2. The first-order valence-corrected chi connectivity index (χ1v) is 17.2. The molecular formula is C44H58O4. The highest BCUT2D eigenvalue weighted by molar-refractivity contribution is 5.79. The van der Waals surface area contributed by atoms with Crippen molar-refractivity contribution in [3.05, 3.63) is 104 Å². The molecule has 0 unspecified atom stereocenters. The molecule has 0 saturated carbocycles. The Morgan fingerprint density at radius 1 is 0.500 bits per heavy atom. The molecule has 0 aromatic heterocycles. The van der Waals surface area contributed by atoms with Gasteiger partial charge in [-0.3, -0.25) is 0 Å². The van der Waals surface area contributed by atoms with Gasteiger partial charge in [-0.15, -0.1) is 0 Å². The summed E-state index contributed by atoms with van der Waals surface area (Å²) in [5.41, 5.74) is 14.5. The van der Waals surface area contributed by atoms with Gasteiger partial charge in [0.2, 0.25) is 0 Å². The van der Waals surface area contributed by atoms with Gasteiger partial charge in [-0.05, 0) is 120 Å². The van der Waals surface area contributed by atoms with E-state index in [1.807, 2.05) is 0 Å². The Morgan fingerprint density at radius 3 is 1.04 bits per heavy atom. The quantitative estimate of drug-likeness (QED) is 0.189. The normalized spacial score (nSPS) is 13.5. The van der Waals surface area contributed by atoms with E-state index in [4.69, 9.17) is 9.47 Å². The minimum absolute atomic E-state index is 0.130. The summed E-state index contributed by atoms with van der Waals surface area (Å²) in [7, 11) is 3.40. The molecule has 4 aromatic rings. The number of phenolic OH excluding ortho intramolecular Hbond substituents is 2. The van der Waals surface area contributed by atoms with E-state index in [0.717, 1.165) is 66.8 Å². The van der Waals surface area contributed by atoms with Crippen LogP contribution in [-0.4, -0.2) is 36.6 Å². The molecule has 0 aliphatic rings. The molecule has 48 heavy (non-hydrogen) atoms. The minimum Gasteiger partial charge on any atom is -0.507 e. The number of phenols is 2. The van der Waals surface area contributed by atoms with Crippen molar-refractivity contribution in [2.24, 2.45) is 0 Å². The van der Waals surface area contributed by atoms with E-state index in [1.54, 1.807) is 14.2 Å². The van der Waals surface area contributed by atoms with E-state index in [1.165, 1.54) is 11.1 Å². The zero-order valence-electron chi connectivity index (χ0n) is 31.9. The zero-order valence-corrected chi connectivity index (χ0v) is 31.9. The third-order valence-corrected chi connectivity index (χ3v) is 9.86. The Bertz CT molecular complexity index is 1620. The molecule has 4 heteroatoms. The van der Waals surface area contributed by atoms with Crippen molar-refractivity contribution >= 4 is 0 Å². The highest BCUT2D eigenvalue weighted by Gasteiger charge is 2.29. The molecule has 2 N–H and O–H groups in total. The van der Waals surface area contributed by atoms with Gasteiger partial charge in [0, 0.05) is 38.2 Å². The molecule has 4 rings (SSSR count). The van der Waals surface area contributed by atoms with E-state index in [2.05, 4.69) is 132 Å². The van der Waals surface area contributed by atoms with Gasteiger partial charge >= 0.3 is 0 Å². The predicted molar refractivity (Wildman–Crippen MR) is 202 cm³/mol. The Labute approximate surface area is 290 Å². The summed E-state index contributed by atoms with van der Waals surface area (Å²) >= 11 is 0. The van der Waals surface area contributed by atoms with Gasteiger partial charge in [0.1, 0.15) is 11.5 Å². The Balaban J connectivity index is 1.82. The van der Waals surface area contributed by atoms with Crippen LogP contribution in [0.4, 0.5) is 0 Å². The highest BCUT2D eigenvalue weighted by Crippen LogP contribution is 2.43. The molecule has 4 nitrogen and oxygen atoms in total. The van der Waals surface area contributed by atoms with Crippen molar-refractivity contribution in [1.82, 2.24) is 0 Å². The molecule has 0 amide bonds. The minimum atomic E-state index is -0.381. The van der Waals surface area contributed by atoms with Gasteiger partial charge < -0.3 is 19.7 Å². The Morgan fingerprint density at radius 2 is 0.792 bits per heavy atom. The Kier molecular flexibility index (Phi) is 10.9. The van der Waals surface area contributed by atoms with Crippen LogP contribution in [-0.2, 0) is 33.1 Å². The number of hydrogen-bond acceptors (Lipinski definition) is 4. The Hall–Kier alpha value is -3.60. The SMILES string of the molecule is CO[C@H](Cc1cc(C(C)(C)C)cc(-c2c(C)cc(C)cc2C)c1O)[C@@H](Cc1cc(C(C)(C)C)cc(-c2c(C)cc(C)cc2C)c1O)OC. The van der Waals surface area contributed by atoms with Crippen molar-refractivity contribution in [3.63, 3.8) is 0 Å². The third-order valence-electron chi connectivity index (χ3n) is 9.86. The van der Waals surface area contributed by atoms with Gasteiger partial charge in [-0.2, -0.15) is 0 Å². The summed E-state index contributed by atoms with van der Waals surface area (Å²) in [6.45, 7) is 25.9. The van der Waals surface area contributed by atoms with Crippen LogP contribution in [0.5, 0.6) is 11.5 Å². The first-order chi connectivity index (χ1) is 22.3. The molecule has 0 aliphatic carbocycles. The molecule has 2 atom stereocenters. The highest BCUT2D eigenvalue weighted by atomic mass is 16.5. The lowest BCUT2D eigenvalue weighted by Gasteiger charge is -2.29. The van der Waals surface area contributed by atoms with Gasteiger partial charge in [0.25, 0.3) is 0 Å². The summed E-state index contributed by atoms with van der Waals surface area (Å²) in [5, 5.41) is 23.8. The van der Waals surface area contributed by atoms with Gasteiger partial charge in [0.05, 0.1) is 12.2 Å². The molecule has 4 aromatic carbocycles. The standard InChI is InChI=1S/C44H58O4/c1-25-15-27(3)39(28(4)16-25)35-23-33(43(7,8)9)19-31(41(35)45)21-37(47-13)38(48-14)22-32-20-34(44(10,11)12)24-36(42(32)46)40-29(5)17-26(2)18-30(40)6/h15-20,23-24,37-38,45-46H,21-22H2,1-14H3/t37-,38-/m1/s1. The predicted octanol–water partition coefficient (Wildman–Crippen LogP) is 10.7. The fourth-order valence-corrected chi connectivity index (χ4v) is 7.32. The van der Waals surface area contributed by atoms with Crippen molar-refractivity contribution in [3.8, 4) is 33.8 Å². The summed E-state index contributed by atoms with van der Waals surface area (Å²) in [6.07, 6.45) is 0.135. The van der Waals surface area contributed by atoms with E-state index in [-0.39, 0.29) is 34.5 Å². The first kappa shape index (κ1) is 37.2. The van der Waals surface area contributed by atoms with Crippen LogP contribution in [0.3, 0.4) is 0 Å². The summed E-state index contributed by atoms with van der Waals surface area (Å²) in [6, 6.07) is 17.2. The second kappa shape index (κ2) is 14.1. The van der Waals surface area contributed by atoms with Crippen LogP contribution in [0.15, 0.2) is 48.5 Å². The largest absolute Gasteiger partial charge is 0.507 e. The summed E-state index contributed by atoms with van der Waals surface area (Å²) in [5.74, 6) is 0.556. The van der Waals surface area contributed by atoms with Crippen LogP contribution in [0.25, 0.3) is 22.3 Å². The molecule has 0 fully saturated rings. The molecule has 0 radical (unpaired) electrons. The van der Waals surface area contributed by atoms with Crippen molar-refractivity contribution in [2.45, 2.75) is 119 Å². The average molecular weight is 651 g/mol. The molecule has 0 heterocycles. The first-order valence-electron chi connectivity index (χ1n) is 17.2. The second-order valence-corrected chi connectivity index (χ2v) is 16.1. The second-order valence-electron chi connectivity index (χ2n) is 16.1. The van der Waals surface area contributed by atoms with E-state index in [0.29, 0.717) is 12.8 Å². The van der Waals surface area contributed by atoms with E-state index < -0.39 is 0 Å². The molecule has 0 aliphatic heterocycles.